The van der Waals surface area contributed by atoms with E-state index in [4.69, 9.17) is 13.9 Å². The van der Waals surface area contributed by atoms with E-state index in [0.717, 1.165) is 31.2 Å². The van der Waals surface area contributed by atoms with Gasteiger partial charge in [-0.2, -0.15) is 0 Å². The van der Waals surface area contributed by atoms with Crippen LogP contribution in [-0.2, 0) is 22.6 Å². The molecule has 4 heteroatoms. The molecule has 98 valence electrons. The topological polar surface area (TPSA) is 43.6 Å². The molecule has 17 heavy (non-hydrogen) atoms. The van der Waals surface area contributed by atoms with Gasteiger partial charge in [-0.25, -0.2) is 0 Å². The average molecular weight is 241 g/mol. The van der Waals surface area contributed by atoms with E-state index in [0.29, 0.717) is 13.2 Å². The minimum atomic E-state index is 0.0947. The molecule has 0 saturated heterocycles. The second kappa shape index (κ2) is 8.28. The monoisotopic (exact) mass is 241 g/mol. The van der Waals surface area contributed by atoms with Crippen LogP contribution in [0.3, 0.4) is 0 Å². The lowest BCUT2D eigenvalue weighted by atomic mass is 10.4. The van der Waals surface area contributed by atoms with Gasteiger partial charge in [-0.05, 0) is 32.5 Å². The van der Waals surface area contributed by atoms with Gasteiger partial charge in [0.05, 0.1) is 19.3 Å². The van der Waals surface area contributed by atoms with Gasteiger partial charge in [0, 0.05) is 6.61 Å². The summed E-state index contributed by atoms with van der Waals surface area (Å²) < 4.78 is 16.5. The zero-order valence-electron chi connectivity index (χ0n) is 11.0. The molecule has 0 radical (unpaired) electrons. The maximum absolute atomic E-state index is 5.61. The smallest absolute Gasteiger partial charge is 0.129 e. The van der Waals surface area contributed by atoms with Crippen LogP contribution in [0.2, 0.25) is 0 Å². The van der Waals surface area contributed by atoms with E-state index in [-0.39, 0.29) is 6.10 Å². The quantitative estimate of drug-likeness (QED) is 0.720. The van der Waals surface area contributed by atoms with Gasteiger partial charge in [0.2, 0.25) is 0 Å². The van der Waals surface area contributed by atoms with Crippen LogP contribution >= 0.6 is 0 Å². The number of nitrogens with one attached hydrogen (secondary N) is 1. The lowest BCUT2D eigenvalue weighted by Gasteiger charge is -2.11. The van der Waals surface area contributed by atoms with E-state index in [1.807, 2.05) is 26.0 Å². The second-order valence-corrected chi connectivity index (χ2v) is 3.93. The molecule has 1 N–H and O–H groups in total. The highest BCUT2D eigenvalue weighted by atomic mass is 16.5. The maximum Gasteiger partial charge on any atom is 0.129 e. The van der Waals surface area contributed by atoms with Crippen molar-refractivity contribution in [3.63, 3.8) is 0 Å². The van der Waals surface area contributed by atoms with Crippen LogP contribution < -0.4 is 5.32 Å². The number of ether oxygens (including phenoxy) is 2. The Morgan fingerprint density at radius 1 is 1.29 bits per heavy atom. The normalized spacial score (nSPS) is 12.9. The Kier molecular flexibility index (Phi) is 6.93. The van der Waals surface area contributed by atoms with Gasteiger partial charge >= 0.3 is 0 Å². The number of furan rings is 1. The van der Waals surface area contributed by atoms with Crippen LogP contribution in [-0.4, -0.2) is 25.9 Å². The average Bonchev–Trinajstić information content (AvgIpc) is 2.79. The van der Waals surface area contributed by atoms with Gasteiger partial charge < -0.3 is 19.2 Å². The molecule has 1 aromatic rings. The van der Waals surface area contributed by atoms with E-state index < -0.39 is 0 Å². The molecule has 1 atom stereocenters. The Balaban J connectivity index is 2.24. The van der Waals surface area contributed by atoms with Crippen molar-refractivity contribution >= 4 is 0 Å². The highest BCUT2D eigenvalue weighted by Gasteiger charge is 2.05. The van der Waals surface area contributed by atoms with E-state index >= 15 is 0 Å². The zero-order valence-corrected chi connectivity index (χ0v) is 11.0. The number of hydrogen-bond acceptors (Lipinski definition) is 4. The Hall–Kier alpha value is -0.840. The summed E-state index contributed by atoms with van der Waals surface area (Å²) in [5, 5.41) is 3.22. The lowest BCUT2D eigenvalue weighted by molar-refractivity contribution is -0.0173. The van der Waals surface area contributed by atoms with Crippen LogP contribution in [0.5, 0.6) is 0 Å². The minimum Gasteiger partial charge on any atom is -0.462 e. The summed E-state index contributed by atoms with van der Waals surface area (Å²) in [7, 11) is 0. The zero-order chi connectivity index (χ0) is 12.5. The van der Waals surface area contributed by atoms with Gasteiger partial charge in [-0.1, -0.05) is 6.92 Å². The fraction of sp³-hybridized carbons (Fsp3) is 0.692. The number of hydrogen-bond donors (Lipinski definition) is 1. The van der Waals surface area contributed by atoms with E-state index in [2.05, 4.69) is 12.2 Å². The molecule has 0 spiro atoms. The van der Waals surface area contributed by atoms with E-state index in [1.54, 1.807) is 0 Å². The van der Waals surface area contributed by atoms with Crippen molar-refractivity contribution in [2.45, 2.75) is 40.0 Å². The Bertz CT molecular complexity index is 299. The predicted octanol–water partition coefficient (Wildman–Crippen LogP) is 2.33. The minimum absolute atomic E-state index is 0.0947. The van der Waals surface area contributed by atoms with Crippen molar-refractivity contribution < 1.29 is 13.9 Å². The molecule has 0 bridgehead atoms. The van der Waals surface area contributed by atoms with Crippen LogP contribution in [0.1, 0.15) is 32.3 Å². The molecule has 1 heterocycles. The van der Waals surface area contributed by atoms with Crippen LogP contribution in [0.4, 0.5) is 0 Å². The lowest BCUT2D eigenvalue weighted by Crippen LogP contribution is -2.15. The first-order chi connectivity index (χ1) is 8.26. The maximum atomic E-state index is 5.61. The van der Waals surface area contributed by atoms with Crippen LogP contribution in [0, 0.1) is 0 Å². The standard InChI is InChI=1S/C13H23NO3/c1-4-14-8-12-6-7-13(17-12)10-16-11(3)9-15-5-2/h6-7,11,14H,4-5,8-10H2,1-3H3. The molecule has 1 aromatic heterocycles. The molecule has 0 aromatic carbocycles. The molecule has 0 saturated carbocycles. The summed E-state index contributed by atoms with van der Waals surface area (Å²) in [5.41, 5.74) is 0. The third kappa shape index (κ3) is 5.86. The molecular formula is C13H23NO3. The van der Waals surface area contributed by atoms with Crippen LogP contribution in [0.25, 0.3) is 0 Å². The predicted molar refractivity (Wildman–Crippen MR) is 66.8 cm³/mol. The van der Waals surface area contributed by atoms with Crippen molar-refractivity contribution in [2.75, 3.05) is 19.8 Å². The summed E-state index contributed by atoms with van der Waals surface area (Å²) in [6.45, 7) is 9.61. The summed E-state index contributed by atoms with van der Waals surface area (Å²) in [6.07, 6.45) is 0.0947. The first kappa shape index (κ1) is 14.2. The third-order valence-corrected chi connectivity index (χ3v) is 2.33. The molecule has 0 aliphatic carbocycles. The molecule has 4 nitrogen and oxygen atoms in total. The molecular weight excluding hydrogens is 218 g/mol. The van der Waals surface area contributed by atoms with Crippen molar-refractivity contribution in [1.82, 2.24) is 5.32 Å². The Morgan fingerprint density at radius 2 is 2.06 bits per heavy atom. The third-order valence-electron chi connectivity index (χ3n) is 2.33. The van der Waals surface area contributed by atoms with Crippen molar-refractivity contribution in [1.29, 1.82) is 0 Å². The SMILES string of the molecule is CCNCc1ccc(COC(C)COCC)o1. The molecule has 0 fully saturated rings. The first-order valence-corrected chi connectivity index (χ1v) is 6.23. The van der Waals surface area contributed by atoms with Crippen molar-refractivity contribution in [2.24, 2.45) is 0 Å². The summed E-state index contributed by atoms with van der Waals surface area (Å²) in [4.78, 5) is 0. The van der Waals surface area contributed by atoms with Gasteiger partial charge in [-0.3, -0.25) is 0 Å². The fourth-order valence-electron chi connectivity index (χ4n) is 1.40. The van der Waals surface area contributed by atoms with Gasteiger partial charge in [0.15, 0.2) is 0 Å². The highest BCUT2D eigenvalue weighted by Crippen LogP contribution is 2.10. The summed E-state index contributed by atoms with van der Waals surface area (Å²) in [5.74, 6) is 1.81. The summed E-state index contributed by atoms with van der Waals surface area (Å²) in [6, 6.07) is 3.94. The van der Waals surface area contributed by atoms with Crippen molar-refractivity contribution in [3.05, 3.63) is 23.7 Å². The molecule has 0 aliphatic heterocycles. The molecule has 0 aliphatic rings. The molecule has 0 amide bonds. The first-order valence-electron chi connectivity index (χ1n) is 6.23. The second-order valence-electron chi connectivity index (χ2n) is 3.93. The van der Waals surface area contributed by atoms with E-state index in [9.17, 15) is 0 Å². The Labute approximate surface area is 103 Å². The van der Waals surface area contributed by atoms with Gasteiger partial charge in [0.25, 0.3) is 0 Å². The highest BCUT2D eigenvalue weighted by molar-refractivity contribution is 5.06. The number of rotatable bonds is 9. The summed E-state index contributed by atoms with van der Waals surface area (Å²) >= 11 is 0. The van der Waals surface area contributed by atoms with Crippen LogP contribution in [0.15, 0.2) is 16.5 Å². The van der Waals surface area contributed by atoms with E-state index in [1.165, 1.54) is 0 Å². The van der Waals surface area contributed by atoms with Crippen molar-refractivity contribution in [3.8, 4) is 0 Å². The molecule has 1 rings (SSSR count). The van der Waals surface area contributed by atoms with Gasteiger partial charge in [0.1, 0.15) is 18.1 Å². The largest absolute Gasteiger partial charge is 0.462 e. The molecule has 1 unspecified atom stereocenters. The Morgan fingerprint density at radius 3 is 2.76 bits per heavy atom. The fourth-order valence-corrected chi connectivity index (χ4v) is 1.40. The van der Waals surface area contributed by atoms with Gasteiger partial charge in [-0.15, -0.1) is 0 Å².